The van der Waals surface area contributed by atoms with Crippen LogP contribution in [0.15, 0.2) is 112 Å². The van der Waals surface area contributed by atoms with E-state index >= 15 is 0 Å². The Bertz CT molecular complexity index is 1730. The fourth-order valence-corrected chi connectivity index (χ4v) is 6.78. The van der Waals surface area contributed by atoms with E-state index in [-0.39, 0.29) is 34.5 Å². The van der Waals surface area contributed by atoms with Crippen molar-refractivity contribution in [3.63, 3.8) is 0 Å². The highest BCUT2D eigenvalue weighted by atomic mass is 79.9. The van der Waals surface area contributed by atoms with Crippen LogP contribution in [0.2, 0.25) is 5.02 Å². The molecular weight excluding hydrogens is 674 g/mol. The zero-order valence-electron chi connectivity index (χ0n) is 25.7. The number of benzene rings is 4. The van der Waals surface area contributed by atoms with E-state index in [0.717, 1.165) is 25.5 Å². The highest BCUT2D eigenvalue weighted by Gasteiger charge is 2.36. The lowest BCUT2D eigenvalue weighted by Gasteiger charge is -2.35. The molecule has 7 nitrogen and oxygen atoms in total. The van der Waals surface area contributed by atoms with Gasteiger partial charge in [-0.05, 0) is 75.2 Å². The number of rotatable bonds is 11. The summed E-state index contributed by atoms with van der Waals surface area (Å²) >= 11 is 9.99. The van der Waals surface area contributed by atoms with E-state index in [9.17, 15) is 18.0 Å². The molecule has 0 saturated carbocycles. The van der Waals surface area contributed by atoms with E-state index in [1.165, 1.54) is 17.0 Å². The summed E-state index contributed by atoms with van der Waals surface area (Å²) < 4.78 is 30.2. The maximum atomic E-state index is 14.5. The number of hydrogen-bond donors (Lipinski definition) is 1. The quantitative estimate of drug-likeness (QED) is 0.179. The average Bonchev–Trinajstić information content (AvgIpc) is 2.99. The van der Waals surface area contributed by atoms with Gasteiger partial charge in [0.2, 0.25) is 11.8 Å². The largest absolute Gasteiger partial charge is 0.350 e. The maximum Gasteiger partial charge on any atom is 0.264 e. The summed E-state index contributed by atoms with van der Waals surface area (Å²) in [5, 5.41) is 3.20. The molecule has 45 heavy (non-hydrogen) atoms. The summed E-state index contributed by atoms with van der Waals surface area (Å²) in [4.78, 5) is 30.0. The second kappa shape index (κ2) is 14.6. The number of amides is 2. The van der Waals surface area contributed by atoms with Crippen LogP contribution in [0.4, 0.5) is 5.69 Å². The van der Waals surface area contributed by atoms with Gasteiger partial charge in [0.1, 0.15) is 12.6 Å². The molecule has 0 bridgehead atoms. The molecular formula is C35H37BrClN3O4S. The first-order valence-electron chi connectivity index (χ1n) is 14.5. The summed E-state index contributed by atoms with van der Waals surface area (Å²) in [6.45, 7) is 6.98. The number of aryl methyl sites for hydroxylation is 1. The van der Waals surface area contributed by atoms with Gasteiger partial charge in [0.25, 0.3) is 10.0 Å². The van der Waals surface area contributed by atoms with Gasteiger partial charge in [-0.1, -0.05) is 99.8 Å². The molecule has 0 heterocycles. The number of halogens is 2. The monoisotopic (exact) mass is 709 g/mol. The molecule has 236 valence electrons. The third-order valence-electron chi connectivity index (χ3n) is 7.04. The molecule has 2 amide bonds. The van der Waals surface area contributed by atoms with E-state index in [2.05, 4.69) is 21.2 Å². The number of nitrogens with one attached hydrogen (secondary N) is 1. The van der Waals surface area contributed by atoms with E-state index in [4.69, 9.17) is 11.6 Å². The van der Waals surface area contributed by atoms with Gasteiger partial charge in [0.15, 0.2) is 0 Å². The number of carbonyl (C=O) groups excluding carboxylic acids is 2. The Balaban J connectivity index is 1.82. The molecule has 4 aromatic rings. The van der Waals surface area contributed by atoms with Gasteiger partial charge in [0.05, 0.1) is 15.6 Å². The van der Waals surface area contributed by atoms with Crippen LogP contribution in [0.3, 0.4) is 0 Å². The minimum atomic E-state index is -4.24. The predicted octanol–water partition coefficient (Wildman–Crippen LogP) is 7.16. The van der Waals surface area contributed by atoms with Crippen molar-refractivity contribution in [1.29, 1.82) is 0 Å². The van der Waals surface area contributed by atoms with Crippen molar-refractivity contribution < 1.29 is 18.0 Å². The number of hydrogen-bond acceptors (Lipinski definition) is 4. The van der Waals surface area contributed by atoms with Crippen LogP contribution >= 0.6 is 27.5 Å². The van der Waals surface area contributed by atoms with Crippen molar-refractivity contribution in [3.8, 4) is 0 Å². The molecule has 0 radical (unpaired) electrons. The normalized spacial score (nSPS) is 12.3. The molecule has 0 aliphatic rings. The summed E-state index contributed by atoms with van der Waals surface area (Å²) in [5.74, 6) is -0.902. The minimum Gasteiger partial charge on any atom is -0.350 e. The lowest BCUT2D eigenvalue weighted by molar-refractivity contribution is -0.140. The second-order valence-corrected chi connectivity index (χ2v) is 15.1. The summed E-state index contributed by atoms with van der Waals surface area (Å²) in [6, 6.07) is 28.8. The van der Waals surface area contributed by atoms with Crippen molar-refractivity contribution in [2.24, 2.45) is 0 Å². The molecule has 0 aliphatic carbocycles. The fourth-order valence-electron chi connectivity index (χ4n) is 4.80. The van der Waals surface area contributed by atoms with Crippen molar-refractivity contribution in [2.75, 3.05) is 10.8 Å². The lowest BCUT2D eigenvalue weighted by atomic mass is 10.0. The van der Waals surface area contributed by atoms with Gasteiger partial charge < -0.3 is 10.2 Å². The van der Waals surface area contributed by atoms with Gasteiger partial charge in [0, 0.05) is 23.0 Å². The van der Waals surface area contributed by atoms with Crippen LogP contribution in [0.1, 0.15) is 37.5 Å². The summed E-state index contributed by atoms with van der Waals surface area (Å²) in [7, 11) is -4.24. The van der Waals surface area contributed by atoms with E-state index in [1.54, 1.807) is 36.4 Å². The lowest BCUT2D eigenvalue weighted by Crippen LogP contribution is -2.56. The number of carbonyl (C=O) groups is 2. The number of nitrogens with zero attached hydrogens (tertiary/aromatic N) is 2. The standard InChI is InChI=1S/C35H37BrClN3O4S/c1-25-14-20-29(21-15-25)45(43,44)40(31-13-9-8-12-30(31)37)24-33(41)39(23-27-16-18-28(36)19-17-27)32(34(42)38-35(2,3)4)22-26-10-6-5-7-11-26/h5-21,32H,22-24H2,1-4H3,(H,38,42)/t32-/m0/s1. The Labute approximate surface area is 279 Å². The van der Waals surface area contributed by atoms with E-state index in [1.807, 2.05) is 82.3 Å². The molecule has 0 unspecified atom stereocenters. The zero-order valence-corrected chi connectivity index (χ0v) is 28.9. The maximum absolute atomic E-state index is 14.5. The molecule has 1 atom stereocenters. The number of anilines is 1. The first-order valence-corrected chi connectivity index (χ1v) is 17.1. The Morgan fingerprint density at radius 1 is 0.844 bits per heavy atom. The Morgan fingerprint density at radius 2 is 1.44 bits per heavy atom. The molecule has 10 heteroatoms. The van der Waals surface area contributed by atoms with Crippen LogP contribution in [0, 0.1) is 6.92 Å². The third kappa shape index (κ3) is 9.19. The fraction of sp³-hybridized carbons (Fsp3) is 0.257. The van der Waals surface area contributed by atoms with Crippen molar-refractivity contribution >= 4 is 55.1 Å². The zero-order chi connectivity index (χ0) is 32.8. The molecule has 1 N–H and O–H groups in total. The first kappa shape index (κ1) is 34.2. The van der Waals surface area contributed by atoms with Gasteiger partial charge in [-0.15, -0.1) is 0 Å². The third-order valence-corrected chi connectivity index (χ3v) is 9.67. The Hall–Kier alpha value is -3.66. The minimum absolute atomic E-state index is 0.0200. The Kier molecular flexibility index (Phi) is 11.1. The van der Waals surface area contributed by atoms with Gasteiger partial charge >= 0.3 is 0 Å². The molecule has 0 aromatic heterocycles. The first-order chi connectivity index (χ1) is 21.2. The smallest absolute Gasteiger partial charge is 0.264 e. The van der Waals surface area contributed by atoms with Crippen LogP contribution < -0.4 is 9.62 Å². The number of para-hydroxylation sites is 1. The van der Waals surface area contributed by atoms with Gasteiger partial charge in [-0.3, -0.25) is 13.9 Å². The van der Waals surface area contributed by atoms with Crippen LogP contribution in [-0.4, -0.2) is 43.3 Å². The molecule has 4 rings (SSSR count). The summed E-state index contributed by atoms with van der Waals surface area (Å²) in [6.07, 6.45) is 0.224. The molecule has 4 aromatic carbocycles. The van der Waals surface area contributed by atoms with Crippen LogP contribution in [0.5, 0.6) is 0 Å². The SMILES string of the molecule is Cc1ccc(S(=O)(=O)N(CC(=O)N(Cc2ccc(Br)cc2)[C@@H](Cc2ccccc2)C(=O)NC(C)(C)C)c2ccccc2Cl)cc1. The van der Waals surface area contributed by atoms with Gasteiger partial charge in [-0.2, -0.15) is 0 Å². The van der Waals surface area contributed by atoms with Crippen molar-refractivity contribution in [2.45, 2.75) is 57.1 Å². The molecule has 0 aliphatic heterocycles. The summed E-state index contributed by atoms with van der Waals surface area (Å²) in [5.41, 5.74) is 2.12. The van der Waals surface area contributed by atoms with E-state index < -0.39 is 34.1 Å². The van der Waals surface area contributed by atoms with Gasteiger partial charge in [-0.25, -0.2) is 8.42 Å². The number of sulfonamides is 1. The van der Waals surface area contributed by atoms with Crippen molar-refractivity contribution in [1.82, 2.24) is 10.2 Å². The second-order valence-electron chi connectivity index (χ2n) is 11.9. The molecule has 0 fully saturated rings. The topological polar surface area (TPSA) is 86.8 Å². The highest BCUT2D eigenvalue weighted by molar-refractivity contribution is 9.10. The van der Waals surface area contributed by atoms with Crippen LogP contribution in [0.25, 0.3) is 0 Å². The predicted molar refractivity (Wildman–Crippen MR) is 184 cm³/mol. The molecule has 0 saturated heterocycles. The van der Waals surface area contributed by atoms with Crippen molar-refractivity contribution in [3.05, 3.63) is 129 Å². The average molecular weight is 711 g/mol. The molecule has 0 spiro atoms. The van der Waals surface area contributed by atoms with E-state index in [0.29, 0.717) is 0 Å². The Morgan fingerprint density at radius 3 is 2.04 bits per heavy atom. The highest BCUT2D eigenvalue weighted by Crippen LogP contribution is 2.31. The van der Waals surface area contributed by atoms with Crippen LogP contribution in [-0.2, 0) is 32.6 Å².